The molecule has 0 spiro atoms. The summed E-state index contributed by atoms with van der Waals surface area (Å²) in [6, 6.07) is 0. The summed E-state index contributed by atoms with van der Waals surface area (Å²) in [7, 11) is 0. The molecule has 0 heterocycles. The molecule has 0 aliphatic heterocycles. The topological polar surface area (TPSA) is 1630 Å². The largest absolute Gasteiger partial charge is 3.00 e. The van der Waals surface area contributed by atoms with E-state index in [1.807, 2.05) is 0 Å². The molecular formula is C18H72Gd6O66+12. The molecular weight excluding hydrogens is 2220 g/mol. The van der Waals surface area contributed by atoms with E-state index in [1.165, 1.54) is 0 Å². The van der Waals surface area contributed by atoms with E-state index in [-0.39, 0.29) is 404 Å². The Labute approximate surface area is 680 Å². The maximum atomic E-state index is 9.10. The van der Waals surface area contributed by atoms with Crippen molar-refractivity contribution in [3.05, 3.63) is 0 Å². The molecule has 0 aliphatic rings. The molecule has 0 saturated carbocycles. The second kappa shape index (κ2) is 239. The molecule has 0 bridgehead atoms. The number of rotatable bonds is 0. The molecule has 0 fully saturated rings. The monoisotopic (exact) mass is 2290 g/mol. The fraction of sp³-hybridized carbons (Fsp3) is 0. The van der Waals surface area contributed by atoms with Gasteiger partial charge in [0.05, 0.1) is 35.8 Å². The first-order valence-electron chi connectivity index (χ1n) is 9.83. The Kier molecular flexibility index (Phi) is 965. The molecule has 0 rings (SSSR count). The molecule has 90 heavy (non-hydrogen) atoms. The van der Waals surface area contributed by atoms with Crippen LogP contribution in [0.2, 0.25) is 0 Å². The fourth-order valence-electron chi connectivity index (χ4n) is 0. The molecule has 0 aromatic rings. The van der Waals surface area contributed by atoms with Gasteiger partial charge in [0.15, 0.2) is 0 Å². The Bertz CT molecular complexity index is 1030. The predicted octanol–water partition coefficient (Wildman–Crippen LogP) is -40.3. The maximum Gasteiger partial charge on any atom is 3.00 e. The minimum Gasteiger partial charge on any atom is -0.543 e. The van der Waals surface area contributed by atoms with Crippen molar-refractivity contribution in [2.24, 2.45) is 0 Å². The summed E-state index contributed by atoms with van der Waals surface area (Å²) >= 11 is 0. The first-order valence-corrected chi connectivity index (χ1v) is 9.83. The van der Waals surface area contributed by atoms with Gasteiger partial charge in [-0.25, -0.2) is 57.5 Å². The van der Waals surface area contributed by atoms with Crippen LogP contribution >= 0.6 is 0 Å². The first kappa shape index (κ1) is 364. The van der Waals surface area contributed by atoms with E-state index in [0.717, 1.165) is 0 Å². The van der Waals surface area contributed by atoms with Crippen molar-refractivity contribution in [1.82, 2.24) is 0 Å². The second-order valence-corrected chi connectivity index (χ2v) is 5.39. The molecule has 72 heteroatoms. The molecule has 0 amide bonds. The number of hydrogen-bond donors (Lipinski definition) is 12. The predicted molar refractivity (Wildman–Crippen MR) is 230 cm³/mol. The van der Waals surface area contributed by atoms with E-state index >= 15 is 0 Å². The number of carbonyl (C=O) groups excluding carboxylic acids is 6. The standard InChI is InChI=1S/9C2H2O4.6Gd.30H2O/c9*3-1(4)2(5)6;;;;;;;;;;;;;;;;;;;;;;;;;;;;;;;;;;;;/h9*(H,3,4)(H,5,6);;;;;;;30*1H2/q;;;;;;;;;6*+3;;;;;;;;;;;;;;;;;;;;;;;;;;;;;;/p-6. The van der Waals surface area contributed by atoms with Gasteiger partial charge in [-0.1, -0.05) is 0 Å². The van der Waals surface area contributed by atoms with Crippen molar-refractivity contribution in [3.8, 4) is 0 Å². The summed E-state index contributed by atoms with van der Waals surface area (Å²) in [5, 5.41) is 142. The second-order valence-electron chi connectivity index (χ2n) is 5.39. The van der Waals surface area contributed by atoms with E-state index in [9.17, 15) is 0 Å². The quantitative estimate of drug-likeness (QED) is 0.100. The van der Waals surface area contributed by atoms with Crippen molar-refractivity contribution in [3.63, 3.8) is 0 Å². The van der Waals surface area contributed by atoms with Crippen LogP contribution in [0.25, 0.3) is 0 Å². The van der Waals surface area contributed by atoms with Gasteiger partial charge in [0.1, 0.15) is 0 Å². The van der Waals surface area contributed by atoms with Crippen LogP contribution in [0.5, 0.6) is 0 Å². The van der Waals surface area contributed by atoms with Gasteiger partial charge in [0.25, 0.3) is 0 Å². The zero-order chi connectivity index (χ0) is 46.4. The van der Waals surface area contributed by atoms with Crippen LogP contribution in [0, 0.1) is 240 Å². The van der Waals surface area contributed by atoms with Gasteiger partial charge in [-0.3, -0.25) is 0 Å². The van der Waals surface area contributed by atoms with Crippen molar-refractivity contribution in [1.29, 1.82) is 0 Å². The van der Waals surface area contributed by atoms with Crippen LogP contribution in [0.1, 0.15) is 0 Å². The average molecular weight is 2290 g/mol. The SMILES string of the molecule is O.O.O.O.O.O.O.O.O.O.O.O.O.O.O.O.O.O.O.O.O.O.O.O.O.O.O.O.O.O.O=C(O)C(=O)O.O=C(O)C(=O)O.O=C(O)C(=O)O.O=C(O)C(=O)O.O=C(O)C(=O)O.O=C(O)C(=O)O.O=C([O-])C(=O)[O-].O=C([O-])C(=O)[O-].O=C([O-])C(=O)[O-].[Gd+3].[Gd+3].[Gd+3].[Gd+3].[Gd+3].[Gd+3]. The molecule has 0 aliphatic carbocycles. The van der Waals surface area contributed by atoms with Crippen LogP contribution in [0.4, 0.5) is 0 Å². The zero-order valence-corrected chi connectivity index (χ0v) is 54.9. The van der Waals surface area contributed by atoms with Crippen molar-refractivity contribution < 1.29 is 582 Å². The minimum absolute atomic E-state index is 0. The number of carboxylic acid groups (broad SMARTS) is 18. The summed E-state index contributed by atoms with van der Waals surface area (Å²) < 4.78 is 0. The van der Waals surface area contributed by atoms with E-state index in [4.69, 9.17) is 178 Å². The van der Waals surface area contributed by atoms with Gasteiger partial charge in [-0.15, -0.1) is 0 Å². The molecule has 0 unspecified atom stereocenters. The average Bonchev–Trinajstić information content (AvgIpc) is 2.99. The van der Waals surface area contributed by atoms with Crippen LogP contribution in [0.3, 0.4) is 0 Å². The van der Waals surface area contributed by atoms with Gasteiger partial charge in [0, 0.05) is 0 Å². The summed E-state index contributed by atoms with van der Waals surface area (Å²) in [5.74, 6) is -35.0. The van der Waals surface area contributed by atoms with Crippen molar-refractivity contribution in [2.45, 2.75) is 0 Å². The molecule has 576 valence electrons. The number of carboxylic acids is 18. The third-order valence-electron chi connectivity index (χ3n) is 1.60. The summed E-state index contributed by atoms with van der Waals surface area (Å²) in [6.45, 7) is 0. The van der Waals surface area contributed by atoms with Gasteiger partial charge < -0.3 is 285 Å². The van der Waals surface area contributed by atoms with Gasteiger partial charge in [0.2, 0.25) is 0 Å². The Hall–Kier alpha value is -2.79. The smallest absolute Gasteiger partial charge is 0.543 e. The molecule has 0 aromatic heterocycles. The third kappa shape index (κ3) is 548. The zero-order valence-electron chi connectivity index (χ0n) is 41.3. The summed E-state index contributed by atoms with van der Waals surface area (Å²) in [4.78, 5) is 163. The van der Waals surface area contributed by atoms with Gasteiger partial charge in [-0.05, 0) is 0 Å². The van der Waals surface area contributed by atoms with Crippen LogP contribution in [0.15, 0.2) is 0 Å². The Morgan fingerprint density at radius 1 is 0.122 bits per heavy atom. The molecule has 0 saturated heterocycles. The third-order valence-corrected chi connectivity index (χ3v) is 1.60. The normalized spacial score (nSPS) is 4.40. The molecule has 0 atom stereocenters. The Balaban J connectivity index is -0.00000000561. The number of aliphatic carboxylic acids is 18. The van der Waals surface area contributed by atoms with Crippen LogP contribution in [-0.4, -0.2) is 333 Å². The first-order chi connectivity index (χ1) is 23.8. The van der Waals surface area contributed by atoms with Crippen molar-refractivity contribution >= 4 is 107 Å². The molecule has 66 nitrogen and oxygen atoms in total. The van der Waals surface area contributed by atoms with Gasteiger partial charge in [-0.2, -0.15) is 0 Å². The summed E-state index contributed by atoms with van der Waals surface area (Å²) in [6.07, 6.45) is 0. The van der Waals surface area contributed by atoms with Crippen LogP contribution in [-0.2, 0) is 86.3 Å². The maximum absolute atomic E-state index is 9.10. The van der Waals surface area contributed by atoms with E-state index in [0.29, 0.717) is 0 Å². The minimum atomic E-state index is -2.19. The van der Waals surface area contributed by atoms with E-state index < -0.39 is 107 Å². The van der Waals surface area contributed by atoms with Gasteiger partial charge >= 0.3 is 311 Å². The van der Waals surface area contributed by atoms with E-state index in [2.05, 4.69) is 0 Å². The molecule has 0 aromatic carbocycles. The van der Waals surface area contributed by atoms with Crippen LogP contribution < -0.4 is 30.6 Å². The fourth-order valence-corrected chi connectivity index (χ4v) is 0. The number of carbonyl (C=O) groups is 18. The molecule has 6 radical (unpaired) electrons. The Morgan fingerprint density at radius 2 is 0.144 bits per heavy atom. The summed E-state index contributed by atoms with van der Waals surface area (Å²) in [5.41, 5.74) is 0. The van der Waals surface area contributed by atoms with E-state index in [1.54, 1.807) is 0 Å². The number of hydrogen-bond acceptors (Lipinski definition) is 24. The van der Waals surface area contributed by atoms with Crippen molar-refractivity contribution in [2.75, 3.05) is 0 Å². The molecule has 72 N–H and O–H groups in total. The Morgan fingerprint density at radius 3 is 0.144 bits per heavy atom.